The molecule has 2 heterocycles. The zero-order valence-electron chi connectivity index (χ0n) is 13.1. The van der Waals surface area contributed by atoms with Gasteiger partial charge >= 0.3 is 0 Å². The van der Waals surface area contributed by atoms with E-state index in [1.54, 1.807) is 24.3 Å². The number of rotatable bonds is 4. The summed E-state index contributed by atoms with van der Waals surface area (Å²) in [5, 5.41) is 23.7. The van der Waals surface area contributed by atoms with Crippen molar-refractivity contribution in [2.45, 2.75) is 12.8 Å². The summed E-state index contributed by atoms with van der Waals surface area (Å²) in [7, 11) is 2.10. The number of likely N-dealkylation sites (tertiary alicyclic amines) is 1. The lowest BCUT2D eigenvalue weighted by Crippen LogP contribution is -2.30. The smallest absolute Gasteiger partial charge is 0.253 e. The Morgan fingerprint density at radius 1 is 1.29 bits per heavy atom. The van der Waals surface area contributed by atoms with Crippen LogP contribution in [0, 0.1) is 0 Å². The lowest BCUT2D eigenvalue weighted by Gasteiger charge is -2.22. The molecule has 0 unspecified atom stereocenters. The van der Waals surface area contributed by atoms with Crippen LogP contribution in [0.5, 0.6) is 5.88 Å². The summed E-state index contributed by atoms with van der Waals surface area (Å²) in [6.45, 7) is 2.01. The number of piperidine rings is 1. The van der Waals surface area contributed by atoms with Gasteiger partial charge in [-0.2, -0.15) is 10.1 Å². The highest BCUT2D eigenvalue weighted by Gasteiger charge is 2.13. The van der Waals surface area contributed by atoms with Crippen LogP contribution in [0.2, 0.25) is 5.02 Å². The number of halogens is 1. The van der Waals surface area contributed by atoms with Crippen molar-refractivity contribution in [2.75, 3.05) is 25.6 Å². The molecule has 24 heavy (non-hydrogen) atoms. The topological polar surface area (TPSA) is 85.5 Å². The lowest BCUT2D eigenvalue weighted by molar-refractivity contribution is 0.336. The number of aromatic nitrogens is 1. The van der Waals surface area contributed by atoms with Gasteiger partial charge < -0.3 is 10.0 Å². The maximum Gasteiger partial charge on any atom is 0.253 e. The van der Waals surface area contributed by atoms with Crippen molar-refractivity contribution in [1.29, 1.82) is 0 Å². The fourth-order valence-corrected chi connectivity index (χ4v) is 2.98. The number of nitrogens with zero attached hydrogens (tertiary/aromatic N) is 5. The number of benzene rings is 1. The molecular formula is C15H17ClN6OS. The second kappa shape index (κ2) is 7.69. The van der Waals surface area contributed by atoms with Gasteiger partial charge in [-0.1, -0.05) is 29.0 Å². The van der Waals surface area contributed by atoms with Crippen molar-refractivity contribution in [3.05, 3.63) is 29.3 Å². The summed E-state index contributed by atoms with van der Waals surface area (Å²) in [5.41, 5.74) is 4.60. The molecule has 3 rings (SSSR count). The molecule has 2 aromatic rings. The molecule has 0 amide bonds. The molecule has 1 aliphatic rings. The summed E-state index contributed by atoms with van der Waals surface area (Å²) < 4.78 is 0. The van der Waals surface area contributed by atoms with E-state index in [2.05, 4.69) is 37.7 Å². The minimum atomic E-state index is -0.170. The monoisotopic (exact) mass is 364 g/mol. The number of hydrogen-bond acceptors (Lipinski definition) is 8. The number of aromatic hydroxyl groups is 1. The predicted octanol–water partition coefficient (Wildman–Crippen LogP) is 4.41. The van der Waals surface area contributed by atoms with Gasteiger partial charge in [0.05, 0.1) is 5.69 Å². The van der Waals surface area contributed by atoms with Crippen LogP contribution in [0.25, 0.3) is 0 Å². The van der Waals surface area contributed by atoms with Crippen LogP contribution < -0.4 is 5.43 Å². The number of thiazole rings is 1. The highest BCUT2D eigenvalue weighted by molar-refractivity contribution is 7.19. The van der Waals surface area contributed by atoms with Gasteiger partial charge in [0.2, 0.25) is 10.1 Å². The van der Waals surface area contributed by atoms with Crippen molar-refractivity contribution >= 4 is 44.5 Å². The molecule has 2 N–H and O–H groups in total. The van der Waals surface area contributed by atoms with Crippen LogP contribution in [0.3, 0.4) is 0 Å². The van der Waals surface area contributed by atoms with E-state index >= 15 is 0 Å². The Bertz CT molecular complexity index is 765. The highest BCUT2D eigenvalue weighted by Crippen LogP contribution is 2.37. The molecule has 0 aliphatic carbocycles. The molecule has 7 nitrogen and oxygen atoms in total. The average molecular weight is 365 g/mol. The van der Waals surface area contributed by atoms with E-state index in [4.69, 9.17) is 11.6 Å². The zero-order valence-corrected chi connectivity index (χ0v) is 14.7. The van der Waals surface area contributed by atoms with Crippen LogP contribution in [0.4, 0.5) is 15.8 Å². The molecule has 1 aromatic carbocycles. The number of hydrazone groups is 1. The summed E-state index contributed by atoms with van der Waals surface area (Å²) in [6, 6.07) is 7.01. The second-order valence-corrected chi connectivity index (χ2v) is 6.83. The highest BCUT2D eigenvalue weighted by atomic mass is 35.5. The predicted molar refractivity (Wildman–Crippen MR) is 97.2 cm³/mol. The molecule has 0 spiro atoms. The average Bonchev–Trinajstić information content (AvgIpc) is 2.92. The third kappa shape index (κ3) is 4.50. The largest absolute Gasteiger partial charge is 0.491 e. The van der Waals surface area contributed by atoms with Crippen molar-refractivity contribution in [3.63, 3.8) is 0 Å². The Hall–Kier alpha value is -2.03. The van der Waals surface area contributed by atoms with Crippen LogP contribution in [-0.2, 0) is 0 Å². The third-order valence-electron chi connectivity index (χ3n) is 3.53. The Balaban J connectivity index is 1.65. The van der Waals surface area contributed by atoms with Crippen molar-refractivity contribution in [2.24, 2.45) is 15.3 Å². The molecule has 9 heteroatoms. The second-order valence-electron chi connectivity index (χ2n) is 5.42. The molecule has 1 aromatic heterocycles. The first-order chi connectivity index (χ1) is 11.6. The fourth-order valence-electron chi connectivity index (χ4n) is 2.17. The van der Waals surface area contributed by atoms with E-state index in [-0.39, 0.29) is 5.88 Å². The molecular weight excluding hydrogens is 348 g/mol. The van der Waals surface area contributed by atoms with E-state index in [9.17, 15) is 5.11 Å². The quantitative estimate of drug-likeness (QED) is 0.621. The number of azo groups is 1. The SMILES string of the molecule is CN1CCC(=NNc2nc(O)c(N=Nc3cccc(Cl)c3)s2)CC1. The summed E-state index contributed by atoms with van der Waals surface area (Å²) in [5.74, 6) is -0.170. The first-order valence-corrected chi connectivity index (χ1v) is 8.67. The minimum Gasteiger partial charge on any atom is -0.491 e. The number of hydrogen-bond donors (Lipinski definition) is 2. The Morgan fingerprint density at radius 3 is 2.83 bits per heavy atom. The molecule has 1 aliphatic heterocycles. The Kier molecular flexibility index (Phi) is 5.39. The maximum atomic E-state index is 9.86. The fraction of sp³-hybridized carbons (Fsp3) is 0.333. The van der Waals surface area contributed by atoms with Gasteiger partial charge in [0, 0.05) is 36.7 Å². The Morgan fingerprint density at radius 2 is 2.08 bits per heavy atom. The van der Waals surface area contributed by atoms with Crippen LogP contribution in [0.1, 0.15) is 12.8 Å². The molecule has 1 fully saturated rings. The van der Waals surface area contributed by atoms with E-state index in [0.29, 0.717) is 20.8 Å². The van der Waals surface area contributed by atoms with Gasteiger partial charge in [-0.05, 0) is 25.2 Å². The van der Waals surface area contributed by atoms with Crippen LogP contribution in [0.15, 0.2) is 39.6 Å². The van der Waals surface area contributed by atoms with Crippen LogP contribution in [-0.4, -0.2) is 40.8 Å². The van der Waals surface area contributed by atoms with Crippen molar-refractivity contribution in [1.82, 2.24) is 9.88 Å². The lowest BCUT2D eigenvalue weighted by atomic mass is 10.1. The van der Waals surface area contributed by atoms with Gasteiger partial charge in [-0.3, -0.25) is 5.43 Å². The van der Waals surface area contributed by atoms with Crippen LogP contribution >= 0.6 is 22.9 Å². The normalized spacial score (nSPS) is 15.8. The minimum absolute atomic E-state index is 0.170. The summed E-state index contributed by atoms with van der Waals surface area (Å²) >= 11 is 7.09. The maximum absolute atomic E-state index is 9.86. The van der Waals surface area contributed by atoms with E-state index < -0.39 is 0 Å². The number of nitrogens with one attached hydrogen (secondary N) is 1. The zero-order chi connectivity index (χ0) is 16.9. The third-order valence-corrected chi connectivity index (χ3v) is 4.60. The van der Waals surface area contributed by atoms with Gasteiger partial charge in [0.1, 0.15) is 0 Å². The van der Waals surface area contributed by atoms with Crippen molar-refractivity contribution in [3.8, 4) is 5.88 Å². The molecule has 0 atom stereocenters. The summed E-state index contributed by atoms with van der Waals surface area (Å²) in [6.07, 6.45) is 1.87. The van der Waals surface area contributed by atoms with Gasteiger partial charge in [0.15, 0.2) is 0 Å². The van der Waals surface area contributed by atoms with E-state index in [0.717, 1.165) is 31.6 Å². The molecule has 0 radical (unpaired) electrons. The van der Waals surface area contributed by atoms with Gasteiger partial charge in [0.25, 0.3) is 5.88 Å². The molecule has 1 saturated heterocycles. The van der Waals surface area contributed by atoms with Gasteiger partial charge in [-0.25, -0.2) is 0 Å². The standard InChI is InChI=1S/C15H17ClN6OS/c1-22-7-5-11(6-8-22)18-21-15-17-13(23)14(24-15)20-19-12-4-2-3-10(16)9-12/h2-4,9,23H,5-8H2,1H3,(H,17,21). The Labute approximate surface area is 148 Å². The molecule has 0 saturated carbocycles. The van der Waals surface area contributed by atoms with E-state index in [1.165, 1.54) is 11.3 Å². The number of anilines is 1. The summed E-state index contributed by atoms with van der Waals surface area (Å²) in [4.78, 5) is 6.27. The van der Waals surface area contributed by atoms with E-state index in [1.807, 2.05) is 0 Å². The molecule has 0 bridgehead atoms. The van der Waals surface area contributed by atoms with Gasteiger partial charge in [-0.15, -0.1) is 10.2 Å². The first-order valence-electron chi connectivity index (χ1n) is 7.47. The molecule has 126 valence electrons. The first kappa shape index (κ1) is 16.8. The van der Waals surface area contributed by atoms with Crippen molar-refractivity contribution < 1.29 is 5.11 Å².